The van der Waals surface area contributed by atoms with Gasteiger partial charge in [-0.15, -0.1) is 11.3 Å². The van der Waals surface area contributed by atoms with E-state index in [0.29, 0.717) is 5.95 Å². The SMILES string of the molecule is Cc1nc(-c2cccc(F)c2)c(-c2ccnc(NC(C)c3ccccc3)n2)s1. The summed E-state index contributed by atoms with van der Waals surface area (Å²) < 4.78 is 13.7. The maximum atomic E-state index is 13.7. The molecule has 0 saturated carbocycles. The van der Waals surface area contributed by atoms with E-state index in [-0.39, 0.29) is 11.9 Å². The van der Waals surface area contributed by atoms with E-state index in [1.807, 2.05) is 37.3 Å². The Bertz CT molecular complexity index is 1090. The van der Waals surface area contributed by atoms with Crippen LogP contribution in [0.4, 0.5) is 10.3 Å². The van der Waals surface area contributed by atoms with Crippen LogP contribution in [0.1, 0.15) is 23.5 Å². The fraction of sp³-hybridized carbons (Fsp3) is 0.136. The number of nitrogens with zero attached hydrogens (tertiary/aromatic N) is 3. The van der Waals surface area contributed by atoms with Gasteiger partial charge in [-0.1, -0.05) is 42.5 Å². The van der Waals surface area contributed by atoms with Crippen LogP contribution in [0.3, 0.4) is 0 Å². The number of nitrogens with one attached hydrogen (secondary N) is 1. The summed E-state index contributed by atoms with van der Waals surface area (Å²) in [7, 11) is 0. The summed E-state index contributed by atoms with van der Waals surface area (Å²) in [6.07, 6.45) is 1.73. The Morgan fingerprint density at radius 2 is 1.82 bits per heavy atom. The van der Waals surface area contributed by atoms with Crippen molar-refractivity contribution in [2.45, 2.75) is 19.9 Å². The highest BCUT2D eigenvalue weighted by Crippen LogP contribution is 2.36. The number of benzene rings is 2. The van der Waals surface area contributed by atoms with Crippen LogP contribution in [-0.4, -0.2) is 15.0 Å². The molecule has 0 spiro atoms. The van der Waals surface area contributed by atoms with Crippen molar-refractivity contribution in [3.05, 3.63) is 83.2 Å². The van der Waals surface area contributed by atoms with Crippen LogP contribution in [-0.2, 0) is 0 Å². The molecule has 2 heterocycles. The monoisotopic (exact) mass is 390 g/mol. The molecule has 0 bridgehead atoms. The molecule has 4 nitrogen and oxygen atoms in total. The lowest BCUT2D eigenvalue weighted by Crippen LogP contribution is -2.09. The van der Waals surface area contributed by atoms with Gasteiger partial charge in [0.15, 0.2) is 0 Å². The van der Waals surface area contributed by atoms with Crippen molar-refractivity contribution in [1.82, 2.24) is 15.0 Å². The van der Waals surface area contributed by atoms with Crippen molar-refractivity contribution in [1.29, 1.82) is 0 Å². The van der Waals surface area contributed by atoms with E-state index >= 15 is 0 Å². The molecule has 28 heavy (non-hydrogen) atoms. The van der Waals surface area contributed by atoms with Crippen molar-refractivity contribution in [2.75, 3.05) is 5.32 Å². The number of aromatic nitrogens is 3. The van der Waals surface area contributed by atoms with Crippen LogP contribution in [0.5, 0.6) is 0 Å². The van der Waals surface area contributed by atoms with Gasteiger partial charge < -0.3 is 5.32 Å². The van der Waals surface area contributed by atoms with Gasteiger partial charge in [0.25, 0.3) is 0 Å². The van der Waals surface area contributed by atoms with Crippen molar-refractivity contribution in [3.8, 4) is 21.8 Å². The van der Waals surface area contributed by atoms with Gasteiger partial charge >= 0.3 is 0 Å². The van der Waals surface area contributed by atoms with Gasteiger partial charge in [-0.3, -0.25) is 0 Å². The van der Waals surface area contributed by atoms with E-state index in [4.69, 9.17) is 0 Å². The topological polar surface area (TPSA) is 50.7 Å². The highest BCUT2D eigenvalue weighted by Gasteiger charge is 2.16. The Morgan fingerprint density at radius 1 is 1.00 bits per heavy atom. The molecule has 4 aromatic rings. The first-order valence-corrected chi connectivity index (χ1v) is 9.80. The van der Waals surface area contributed by atoms with Gasteiger partial charge in [-0.25, -0.2) is 19.3 Å². The summed E-state index contributed by atoms with van der Waals surface area (Å²) in [6, 6.07) is 18.6. The summed E-state index contributed by atoms with van der Waals surface area (Å²) in [6.45, 7) is 4.01. The largest absolute Gasteiger partial charge is 0.348 e. The molecule has 2 aromatic heterocycles. The van der Waals surface area contributed by atoms with Gasteiger partial charge in [0.2, 0.25) is 5.95 Å². The van der Waals surface area contributed by atoms with Crippen LogP contribution in [0, 0.1) is 12.7 Å². The number of aryl methyl sites for hydroxylation is 1. The second-order valence-electron chi connectivity index (χ2n) is 6.46. The van der Waals surface area contributed by atoms with Crippen molar-refractivity contribution < 1.29 is 4.39 Å². The molecule has 0 aliphatic carbocycles. The van der Waals surface area contributed by atoms with Crippen molar-refractivity contribution >= 4 is 17.3 Å². The highest BCUT2D eigenvalue weighted by atomic mass is 32.1. The molecule has 4 rings (SSSR count). The average molecular weight is 390 g/mol. The molecule has 0 fully saturated rings. The molecule has 1 unspecified atom stereocenters. The lowest BCUT2D eigenvalue weighted by molar-refractivity contribution is 0.628. The van der Waals surface area contributed by atoms with Gasteiger partial charge in [0, 0.05) is 11.8 Å². The summed E-state index contributed by atoms with van der Waals surface area (Å²) in [5.74, 6) is 0.265. The normalized spacial score (nSPS) is 12.0. The maximum absolute atomic E-state index is 13.7. The lowest BCUT2D eigenvalue weighted by atomic mass is 10.1. The van der Waals surface area contributed by atoms with Gasteiger partial charge in [-0.2, -0.15) is 0 Å². The minimum absolute atomic E-state index is 0.0716. The van der Waals surface area contributed by atoms with Gasteiger partial charge in [0.05, 0.1) is 27.3 Å². The summed E-state index contributed by atoms with van der Waals surface area (Å²) in [4.78, 5) is 14.6. The van der Waals surface area contributed by atoms with Gasteiger partial charge in [0.1, 0.15) is 5.82 Å². The molecular weight excluding hydrogens is 371 g/mol. The van der Waals surface area contributed by atoms with Crippen LogP contribution < -0.4 is 5.32 Å². The predicted octanol–water partition coefficient (Wildman–Crippen LogP) is 5.89. The third-order valence-electron chi connectivity index (χ3n) is 4.37. The minimum atomic E-state index is -0.282. The summed E-state index contributed by atoms with van der Waals surface area (Å²) in [5.41, 5.74) is 3.40. The van der Waals surface area contributed by atoms with Gasteiger partial charge in [-0.05, 0) is 37.6 Å². The van der Waals surface area contributed by atoms with Crippen LogP contribution in [0.25, 0.3) is 21.8 Å². The molecule has 0 saturated heterocycles. The Labute approximate surface area is 167 Å². The predicted molar refractivity (Wildman–Crippen MR) is 112 cm³/mol. The molecule has 6 heteroatoms. The first-order valence-electron chi connectivity index (χ1n) is 8.98. The second-order valence-corrected chi connectivity index (χ2v) is 7.67. The fourth-order valence-electron chi connectivity index (χ4n) is 3.01. The van der Waals surface area contributed by atoms with E-state index in [2.05, 4.69) is 39.3 Å². The number of halogens is 1. The fourth-order valence-corrected chi connectivity index (χ4v) is 3.92. The van der Waals surface area contributed by atoms with E-state index in [0.717, 1.165) is 32.4 Å². The summed E-state index contributed by atoms with van der Waals surface area (Å²) >= 11 is 1.54. The number of anilines is 1. The second kappa shape index (κ2) is 7.86. The van der Waals surface area contributed by atoms with E-state index < -0.39 is 0 Å². The Kier molecular flexibility index (Phi) is 5.12. The first-order chi connectivity index (χ1) is 13.6. The zero-order chi connectivity index (χ0) is 19.5. The quantitative estimate of drug-likeness (QED) is 0.462. The van der Waals surface area contributed by atoms with E-state index in [9.17, 15) is 4.39 Å². The van der Waals surface area contributed by atoms with Crippen LogP contribution >= 0.6 is 11.3 Å². The Morgan fingerprint density at radius 3 is 2.61 bits per heavy atom. The zero-order valence-corrected chi connectivity index (χ0v) is 16.4. The average Bonchev–Trinajstić information content (AvgIpc) is 3.11. The number of hydrogen-bond acceptors (Lipinski definition) is 5. The molecule has 1 atom stereocenters. The highest BCUT2D eigenvalue weighted by molar-refractivity contribution is 7.15. The van der Waals surface area contributed by atoms with Crippen LogP contribution in [0.2, 0.25) is 0 Å². The Balaban J connectivity index is 1.67. The standard InChI is InChI=1S/C22H19FN4S/c1-14(16-7-4-3-5-8-16)25-22-24-12-11-19(27-22)21-20(26-15(2)28-21)17-9-6-10-18(23)13-17/h3-14H,1-2H3,(H,24,25,27). The molecule has 0 amide bonds. The van der Waals surface area contributed by atoms with Crippen LogP contribution in [0.15, 0.2) is 66.9 Å². The molecule has 0 aliphatic heterocycles. The number of rotatable bonds is 5. The molecule has 2 aromatic carbocycles. The Hall–Kier alpha value is -3.12. The third kappa shape index (κ3) is 3.92. The molecule has 1 N–H and O–H groups in total. The minimum Gasteiger partial charge on any atom is -0.348 e. The van der Waals surface area contributed by atoms with Crippen molar-refractivity contribution in [2.24, 2.45) is 0 Å². The third-order valence-corrected chi connectivity index (χ3v) is 5.36. The smallest absolute Gasteiger partial charge is 0.223 e. The lowest BCUT2D eigenvalue weighted by Gasteiger charge is -2.14. The van der Waals surface area contributed by atoms with Crippen molar-refractivity contribution in [3.63, 3.8) is 0 Å². The van der Waals surface area contributed by atoms with E-state index in [1.165, 1.54) is 12.1 Å². The zero-order valence-electron chi connectivity index (χ0n) is 15.6. The summed E-state index contributed by atoms with van der Waals surface area (Å²) in [5, 5.41) is 4.25. The molecule has 0 radical (unpaired) electrons. The number of hydrogen-bond donors (Lipinski definition) is 1. The van der Waals surface area contributed by atoms with E-state index in [1.54, 1.807) is 23.6 Å². The first kappa shape index (κ1) is 18.3. The molecule has 140 valence electrons. The maximum Gasteiger partial charge on any atom is 0.223 e. The molecular formula is C22H19FN4S. The number of thiazole rings is 1. The molecule has 0 aliphatic rings.